The molecule has 0 radical (unpaired) electrons. The molecule has 4 rings (SSSR count). The van der Waals surface area contributed by atoms with Crippen molar-refractivity contribution in [1.29, 1.82) is 0 Å². The van der Waals surface area contributed by atoms with Crippen molar-refractivity contribution >= 4 is 11.6 Å². The molecule has 1 amide bonds. The lowest BCUT2D eigenvalue weighted by Gasteiger charge is -2.04. The lowest BCUT2D eigenvalue weighted by atomic mass is 10.2. The van der Waals surface area contributed by atoms with Crippen molar-refractivity contribution in [2.24, 2.45) is 0 Å². The second-order valence-electron chi connectivity index (χ2n) is 5.63. The number of amides is 1. The smallest absolute Gasteiger partial charge is 0.272 e. The molecule has 22 heavy (non-hydrogen) atoms. The molecule has 0 atom stereocenters. The minimum Gasteiger partial charge on any atom is -0.347 e. The van der Waals surface area contributed by atoms with Gasteiger partial charge in [0.1, 0.15) is 5.69 Å². The van der Waals surface area contributed by atoms with Crippen LogP contribution in [0.5, 0.6) is 0 Å². The molecule has 1 fully saturated rings. The maximum Gasteiger partial charge on any atom is 0.272 e. The number of imidazole rings is 1. The number of rotatable bonds is 4. The van der Waals surface area contributed by atoms with Gasteiger partial charge >= 0.3 is 0 Å². The van der Waals surface area contributed by atoms with Gasteiger partial charge < -0.3 is 5.32 Å². The van der Waals surface area contributed by atoms with Crippen LogP contribution in [0.2, 0.25) is 0 Å². The fraction of sp³-hybridized carbons (Fsp3) is 0.235. The first kappa shape index (κ1) is 13.0. The zero-order valence-corrected chi connectivity index (χ0v) is 12.1. The summed E-state index contributed by atoms with van der Waals surface area (Å²) in [6.45, 7) is 0.497. The zero-order chi connectivity index (χ0) is 14.9. The van der Waals surface area contributed by atoms with Crippen LogP contribution in [0.25, 0.3) is 5.65 Å². The van der Waals surface area contributed by atoms with E-state index in [0.717, 1.165) is 16.9 Å². The Kier molecular flexibility index (Phi) is 3.11. The van der Waals surface area contributed by atoms with E-state index in [1.165, 1.54) is 12.8 Å². The summed E-state index contributed by atoms with van der Waals surface area (Å²) in [5.41, 5.74) is 3.34. The van der Waals surface area contributed by atoms with E-state index in [1.807, 2.05) is 42.6 Å². The van der Waals surface area contributed by atoms with Crippen LogP contribution in [0.3, 0.4) is 0 Å². The van der Waals surface area contributed by atoms with Crippen molar-refractivity contribution in [2.45, 2.75) is 25.3 Å². The van der Waals surface area contributed by atoms with Crippen LogP contribution in [0.1, 0.15) is 40.5 Å². The monoisotopic (exact) mass is 292 g/mol. The van der Waals surface area contributed by atoms with E-state index in [2.05, 4.69) is 15.4 Å². The highest BCUT2D eigenvalue weighted by molar-refractivity contribution is 5.92. The van der Waals surface area contributed by atoms with Gasteiger partial charge in [-0.2, -0.15) is 5.10 Å². The first-order chi connectivity index (χ1) is 10.8. The molecule has 0 aliphatic heterocycles. The molecule has 5 nitrogen and oxygen atoms in total. The summed E-state index contributed by atoms with van der Waals surface area (Å²) < 4.78 is 1.70. The van der Waals surface area contributed by atoms with E-state index in [9.17, 15) is 4.79 Å². The molecule has 1 N–H and O–H groups in total. The summed E-state index contributed by atoms with van der Waals surface area (Å²) >= 11 is 0. The number of hydrogen-bond donors (Lipinski definition) is 1. The van der Waals surface area contributed by atoms with E-state index < -0.39 is 0 Å². The van der Waals surface area contributed by atoms with Crippen LogP contribution in [-0.4, -0.2) is 20.5 Å². The normalized spacial score (nSPS) is 14.2. The molecule has 0 bridgehead atoms. The number of nitrogens with zero attached hydrogens (tertiary/aromatic N) is 3. The lowest BCUT2D eigenvalue weighted by molar-refractivity contribution is 0.0944. The fourth-order valence-corrected chi connectivity index (χ4v) is 2.47. The van der Waals surface area contributed by atoms with Gasteiger partial charge in [-0.3, -0.25) is 4.79 Å². The van der Waals surface area contributed by atoms with E-state index in [1.54, 1.807) is 10.6 Å². The first-order valence-electron chi connectivity index (χ1n) is 7.48. The second kappa shape index (κ2) is 5.26. The number of benzene rings is 1. The van der Waals surface area contributed by atoms with E-state index in [-0.39, 0.29) is 5.91 Å². The van der Waals surface area contributed by atoms with Crippen molar-refractivity contribution in [1.82, 2.24) is 19.9 Å². The Bertz CT molecular complexity index is 821. The van der Waals surface area contributed by atoms with Crippen LogP contribution in [0, 0.1) is 0 Å². The van der Waals surface area contributed by atoms with Gasteiger partial charge in [0, 0.05) is 12.5 Å². The topological polar surface area (TPSA) is 59.3 Å². The summed E-state index contributed by atoms with van der Waals surface area (Å²) in [5.74, 6) is 0.407. The third kappa shape index (κ3) is 2.57. The molecule has 1 aliphatic carbocycles. The third-order valence-corrected chi connectivity index (χ3v) is 3.86. The molecule has 1 aliphatic rings. The summed E-state index contributed by atoms with van der Waals surface area (Å²) in [4.78, 5) is 16.7. The largest absolute Gasteiger partial charge is 0.347 e. The van der Waals surface area contributed by atoms with Crippen molar-refractivity contribution < 1.29 is 4.79 Å². The third-order valence-electron chi connectivity index (χ3n) is 3.86. The number of carbonyl (C=O) groups excluding carboxylic acids is 1. The van der Waals surface area contributed by atoms with Gasteiger partial charge in [0.2, 0.25) is 0 Å². The summed E-state index contributed by atoms with van der Waals surface area (Å²) in [7, 11) is 0. The Hall–Kier alpha value is -2.69. The second-order valence-corrected chi connectivity index (χ2v) is 5.63. The van der Waals surface area contributed by atoms with Gasteiger partial charge in [-0.1, -0.05) is 30.3 Å². The Labute approximate surface area is 128 Å². The quantitative estimate of drug-likeness (QED) is 0.804. The standard InChI is InChI=1S/C17H16N4O/c22-17(18-10-12-4-2-1-3-5-12)14-8-9-16-19-15(13-6-7-13)11-21(16)20-14/h1-5,8-9,11,13H,6-7,10H2,(H,18,22). The SMILES string of the molecule is O=C(NCc1ccccc1)c1ccc2nc(C3CC3)cn2n1. The molecule has 2 heterocycles. The number of aromatic nitrogens is 3. The molecule has 3 aromatic rings. The molecule has 0 unspecified atom stereocenters. The number of hydrogen-bond acceptors (Lipinski definition) is 3. The maximum atomic E-state index is 12.2. The highest BCUT2D eigenvalue weighted by Gasteiger charge is 2.26. The predicted molar refractivity (Wildman–Crippen MR) is 82.6 cm³/mol. The van der Waals surface area contributed by atoms with Crippen LogP contribution in [0.15, 0.2) is 48.7 Å². The average Bonchev–Trinajstić information content (AvgIpc) is 3.32. The summed E-state index contributed by atoms with van der Waals surface area (Å²) in [5, 5.41) is 7.25. The molecular formula is C17H16N4O. The van der Waals surface area contributed by atoms with Crippen LogP contribution in [-0.2, 0) is 6.54 Å². The van der Waals surface area contributed by atoms with Crippen molar-refractivity contribution in [3.63, 3.8) is 0 Å². The highest BCUT2D eigenvalue weighted by atomic mass is 16.1. The zero-order valence-electron chi connectivity index (χ0n) is 12.1. The lowest BCUT2D eigenvalue weighted by Crippen LogP contribution is -2.24. The van der Waals surface area contributed by atoms with E-state index in [4.69, 9.17) is 0 Å². The Morgan fingerprint density at radius 2 is 2.00 bits per heavy atom. The number of nitrogens with one attached hydrogen (secondary N) is 1. The number of carbonyl (C=O) groups is 1. The minimum absolute atomic E-state index is 0.174. The molecule has 1 saturated carbocycles. The highest BCUT2D eigenvalue weighted by Crippen LogP contribution is 2.39. The summed E-state index contributed by atoms with van der Waals surface area (Å²) in [6.07, 6.45) is 4.34. The van der Waals surface area contributed by atoms with Gasteiger partial charge in [-0.05, 0) is 30.5 Å². The van der Waals surface area contributed by atoms with Gasteiger partial charge in [-0.25, -0.2) is 9.50 Å². The van der Waals surface area contributed by atoms with Crippen molar-refractivity contribution in [2.75, 3.05) is 0 Å². The van der Waals surface area contributed by atoms with E-state index in [0.29, 0.717) is 18.2 Å². The Morgan fingerprint density at radius 1 is 1.18 bits per heavy atom. The Balaban J connectivity index is 1.51. The summed E-state index contributed by atoms with van der Waals surface area (Å²) in [6, 6.07) is 13.4. The Morgan fingerprint density at radius 3 is 2.77 bits per heavy atom. The van der Waals surface area contributed by atoms with Crippen LogP contribution < -0.4 is 5.32 Å². The first-order valence-corrected chi connectivity index (χ1v) is 7.48. The fourth-order valence-electron chi connectivity index (χ4n) is 2.47. The van der Waals surface area contributed by atoms with Gasteiger partial charge in [0.25, 0.3) is 5.91 Å². The maximum absolute atomic E-state index is 12.2. The molecular weight excluding hydrogens is 276 g/mol. The van der Waals surface area contributed by atoms with Crippen LogP contribution >= 0.6 is 0 Å². The van der Waals surface area contributed by atoms with Crippen molar-refractivity contribution in [3.05, 3.63) is 65.6 Å². The predicted octanol–water partition coefficient (Wildman–Crippen LogP) is 2.54. The van der Waals surface area contributed by atoms with Gasteiger partial charge in [-0.15, -0.1) is 0 Å². The molecule has 110 valence electrons. The van der Waals surface area contributed by atoms with Gasteiger partial charge in [0.15, 0.2) is 5.65 Å². The molecule has 0 saturated heterocycles. The molecule has 1 aromatic carbocycles. The van der Waals surface area contributed by atoms with Crippen LogP contribution in [0.4, 0.5) is 0 Å². The van der Waals surface area contributed by atoms with Gasteiger partial charge in [0.05, 0.1) is 11.9 Å². The number of fused-ring (bicyclic) bond motifs is 1. The molecule has 0 spiro atoms. The van der Waals surface area contributed by atoms with Crippen molar-refractivity contribution in [3.8, 4) is 0 Å². The molecule has 5 heteroatoms. The van der Waals surface area contributed by atoms with E-state index >= 15 is 0 Å². The molecule has 2 aromatic heterocycles. The average molecular weight is 292 g/mol. The minimum atomic E-state index is -0.174.